The fraction of sp³-hybridized carbons (Fsp3) is 0.500. The van der Waals surface area contributed by atoms with Crippen LogP contribution < -0.4 is 5.32 Å². The molecule has 1 unspecified atom stereocenters. The van der Waals surface area contributed by atoms with Crippen LogP contribution in [0.5, 0.6) is 0 Å². The van der Waals surface area contributed by atoms with E-state index in [-0.39, 0.29) is 11.9 Å². The van der Waals surface area contributed by atoms with E-state index in [1.54, 1.807) is 16.8 Å². The molecule has 0 saturated heterocycles. The standard InChI is InChI=1S/C14H19N3OS3/c1-3-10(4-2)13(11-6-5-7-19-11)16-12(18)8-20-14-17-15-9-21-14/h5-7,9-10,13H,3-4,8H2,1-2H3,(H,16,18). The summed E-state index contributed by atoms with van der Waals surface area (Å²) in [5.74, 6) is 0.914. The molecule has 0 fully saturated rings. The Hall–Kier alpha value is -0.920. The lowest BCUT2D eigenvalue weighted by molar-refractivity contribution is -0.119. The molecule has 0 aliphatic carbocycles. The molecule has 0 saturated carbocycles. The summed E-state index contributed by atoms with van der Waals surface area (Å²) >= 11 is 4.60. The first-order valence-electron chi connectivity index (χ1n) is 6.96. The summed E-state index contributed by atoms with van der Waals surface area (Å²) < 4.78 is 0.834. The third-order valence-corrected chi connectivity index (χ3v) is 6.17. The first-order valence-corrected chi connectivity index (χ1v) is 9.70. The van der Waals surface area contributed by atoms with Crippen LogP contribution in [-0.2, 0) is 4.79 Å². The van der Waals surface area contributed by atoms with Gasteiger partial charge in [-0.3, -0.25) is 4.79 Å². The molecule has 114 valence electrons. The fourth-order valence-corrected chi connectivity index (χ4v) is 4.39. The second-order valence-corrected chi connectivity index (χ2v) is 7.67. The van der Waals surface area contributed by atoms with Gasteiger partial charge in [-0.1, -0.05) is 55.9 Å². The number of amides is 1. The molecule has 2 aromatic heterocycles. The average Bonchev–Trinajstić information content (AvgIpc) is 3.18. The lowest BCUT2D eigenvalue weighted by Crippen LogP contribution is -2.33. The fourth-order valence-electron chi connectivity index (χ4n) is 2.22. The maximum Gasteiger partial charge on any atom is 0.230 e. The van der Waals surface area contributed by atoms with Gasteiger partial charge >= 0.3 is 0 Å². The molecular weight excluding hydrogens is 322 g/mol. The number of hydrogen-bond donors (Lipinski definition) is 1. The van der Waals surface area contributed by atoms with Gasteiger partial charge in [0.15, 0.2) is 4.34 Å². The number of rotatable bonds is 8. The molecule has 0 bridgehead atoms. The number of carbonyl (C=O) groups excluding carboxylic acids is 1. The van der Waals surface area contributed by atoms with Crippen LogP contribution in [0.4, 0.5) is 0 Å². The zero-order valence-corrected chi connectivity index (χ0v) is 14.6. The molecule has 0 aliphatic rings. The highest BCUT2D eigenvalue weighted by atomic mass is 32.2. The highest BCUT2D eigenvalue weighted by Gasteiger charge is 2.23. The number of carbonyl (C=O) groups is 1. The quantitative estimate of drug-likeness (QED) is 0.738. The SMILES string of the molecule is CCC(CC)C(NC(=O)CSc1nncs1)c1cccs1. The highest BCUT2D eigenvalue weighted by molar-refractivity contribution is 8.01. The van der Waals surface area contributed by atoms with Crippen LogP contribution in [0.15, 0.2) is 27.4 Å². The second-order valence-electron chi connectivity index (χ2n) is 4.63. The van der Waals surface area contributed by atoms with Crippen molar-refractivity contribution in [1.29, 1.82) is 0 Å². The van der Waals surface area contributed by atoms with Crippen LogP contribution in [-0.4, -0.2) is 21.9 Å². The van der Waals surface area contributed by atoms with E-state index in [2.05, 4.69) is 40.8 Å². The molecule has 21 heavy (non-hydrogen) atoms. The monoisotopic (exact) mass is 341 g/mol. The first kappa shape index (κ1) is 16.5. The number of nitrogens with zero attached hydrogens (tertiary/aromatic N) is 2. The van der Waals surface area contributed by atoms with Crippen molar-refractivity contribution < 1.29 is 4.79 Å². The Morgan fingerprint density at radius 3 is 2.76 bits per heavy atom. The number of nitrogens with one attached hydrogen (secondary N) is 1. The smallest absolute Gasteiger partial charge is 0.230 e. The van der Waals surface area contributed by atoms with Gasteiger partial charge in [0, 0.05) is 4.88 Å². The number of hydrogen-bond acceptors (Lipinski definition) is 6. The third kappa shape index (κ3) is 4.79. The average molecular weight is 342 g/mol. The van der Waals surface area contributed by atoms with Gasteiger partial charge < -0.3 is 5.32 Å². The Morgan fingerprint density at radius 2 is 2.19 bits per heavy atom. The van der Waals surface area contributed by atoms with Gasteiger partial charge in [-0.25, -0.2) is 0 Å². The predicted octanol–water partition coefficient (Wildman–Crippen LogP) is 3.99. The van der Waals surface area contributed by atoms with Gasteiger partial charge in [-0.15, -0.1) is 21.5 Å². The van der Waals surface area contributed by atoms with Crippen molar-refractivity contribution in [2.75, 3.05) is 5.75 Å². The first-order chi connectivity index (χ1) is 10.2. The van der Waals surface area contributed by atoms with E-state index in [1.807, 2.05) is 6.07 Å². The zero-order valence-electron chi connectivity index (χ0n) is 12.1. The Labute approximate surface area is 137 Å². The van der Waals surface area contributed by atoms with E-state index in [0.717, 1.165) is 17.2 Å². The minimum absolute atomic E-state index is 0.0560. The molecule has 1 atom stereocenters. The number of thioether (sulfide) groups is 1. The van der Waals surface area contributed by atoms with E-state index in [0.29, 0.717) is 11.7 Å². The van der Waals surface area contributed by atoms with E-state index in [4.69, 9.17) is 0 Å². The maximum atomic E-state index is 12.2. The molecule has 0 radical (unpaired) electrons. The Balaban J connectivity index is 1.96. The molecule has 0 spiro atoms. The van der Waals surface area contributed by atoms with Crippen molar-refractivity contribution in [1.82, 2.24) is 15.5 Å². The Morgan fingerprint density at radius 1 is 1.38 bits per heavy atom. The van der Waals surface area contributed by atoms with E-state index in [9.17, 15) is 4.79 Å². The third-order valence-electron chi connectivity index (χ3n) is 3.35. The summed E-state index contributed by atoms with van der Waals surface area (Å²) in [6, 6.07) is 4.26. The zero-order chi connectivity index (χ0) is 15.1. The lowest BCUT2D eigenvalue weighted by Gasteiger charge is -2.25. The largest absolute Gasteiger partial charge is 0.347 e. The molecule has 7 heteroatoms. The van der Waals surface area contributed by atoms with Crippen molar-refractivity contribution in [2.45, 2.75) is 37.1 Å². The van der Waals surface area contributed by atoms with Crippen molar-refractivity contribution >= 4 is 40.3 Å². The van der Waals surface area contributed by atoms with Crippen molar-refractivity contribution in [3.63, 3.8) is 0 Å². The summed E-state index contributed by atoms with van der Waals surface area (Å²) in [4.78, 5) is 13.4. The van der Waals surface area contributed by atoms with Crippen molar-refractivity contribution in [3.8, 4) is 0 Å². The Bertz CT molecular complexity index is 524. The van der Waals surface area contributed by atoms with Crippen LogP contribution in [0.25, 0.3) is 0 Å². The minimum atomic E-state index is 0.0560. The lowest BCUT2D eigenvalue weighted by atomic mass is 9.93. The van der Waals surface area contributed by atoms with Crippen LogP contribution in [0.1, 0.15) is 37.6 Å². The van der Waals surface area contributed by atoms with Gasteiger partial charge in [-0.05, 0) is 17.4 Å². The van der Waals surface area contributed by atoms with Crippen LogP contribution in [0, 0.1) is 5.92 Å². The summed E-state index contributed by atoms with van der Waals surface area (Å²) in [5, 5.41) is 13.0. The van der Waals surface area contributed by atoms with Crippen LogP contribution in [0.3, 0.4) is 0 Å². The summed E-state index contributed by atoms with van der Waals surface area (Å²) in [6.07, 6.45) is 2.12. The highest BCUT2D eigenvalue weighted by Crippen LogP contribution is 2.30. The van der Waals surface area contributed by atoms with E-state index < -0.39 is 0 Å². The molecule has 0 aromatic carbocycles. The summed E-state index contributed by atoms with van der Waals surface area (Å²) in [6.45, 7) is 4.35. The number of thiophene rings is 1. The molecule has 4 nitrogen and oxygen atoms in total. The van der Waals surface area contributed by atoms with Gasteiger partial charge in [0.1, 0.15) is 5.51 Å². The van der Waals surface area contributed by atoms with Crippen LogP contribution >= 0.6 is 34.4 Å². The van der Waals surface area contributed by atoms with Gasteiger partial charge in [0.2, 0.25) is 5.91 Å². The van der Waals surface area contributed by atoms with Gasteiger partial charge in [-0.2, -0.15) is 0 Å². The second kappa shape index (κ2) is 8.51. The Kier molecular flexibility index (Phi) is 6.66. The molecule has 2 heterocycles. The van der Waals surface area contributed by atoms with E-state index in [1.165, 1.54) is 28.0 Å². The van der Waals surface area contributed by atoms with Gasteiger partial charge in [0.05, 0.1) is 11.8 Å². The normalized spacial score (nSPS) is 12.5. The maximum absolute atomic E-state index is 12.2. The topological polar surface area (TPSA) is 54.9 Å². The number of aromatic nitrogens is 2. The molecular formula is C14H19N3OS3. The molecule has 2 rings (SSSR count). The molecule has 1 amide bonds. The molecule has 0 aliphatic heterocycles. The molecule has 1 N–H and O–H groups in total. The van der Waals surface area contributed by atoms with Crippen LogP contribution in [0.2, 0.25) is 0 Å². The minimum Gasteiger partial charge on any atom is -0.347 e. The molecule has 2 aromatic rings. The summed E-state index contributed by atoms with van der Waals surface area (Å²) in [7, 11) is 0. The van der Waals surface area contributed by atoms with Crippen molar-refractivity contribution in [3.05, 3.63) is 27.9 Å². The van der Waals surface area contributed by atoms with Gasteiger partial charge in [0.25, 0.3) is 0 Å². The van der Waals surface area contributed by atoms with Crippen molar-refractivity contribution in [2.24, 2.45) is 5.92 Å². The summed E-state index contributed by atoms with van der Waals surface area (Å²) in [5.41, 5.74) is 1.68. The predicted molar refractivity (Wildman–Crippen MR) is 89.9 cm³/mol. The van der Waals surface area contributed by atoms with E-state index >= 15 is 0 Å².